The SMILES string of the molecule is CCOC1CCCN(CCNCCN(C)C)C1. The highest BCUT2D eigenvalue weighted by molar-refractivity contribution is 4.73. The van der Waals surface area contributed by atoms with Crippen LogP contribution in [0.4, 0.5) is 0 Å². The maximum atomic E-state index is 5.70. The Morgan fingerprint density at radius 3 is 2.88 bits per heavy atom. The molecule has 1 saturated heterocycles. The first kappa shape index (κ1) is 14.9. The molecule has 1 fully saturated rings. The van der Waals surface area contributed by atoms with Gasteiger partial charge in [-0.3, -0.25) is 4.90 Å². The van der Waals surface area contributed by atoms with Gasteiger partial charge in [0.2, 0.25) is 0 Å². The summed E-state index contributed by atoms with van der Waals surface area (Å²) in [5, 5.41) is 3.49. The van der Waals surface area contributed by atoms with Crippen LogP contribution in [0.2, 0.25) is 0 Å². The Balaban J connectivity index is 2.02. The summed E-state index contributed by atoms with van der Waals surface area (Å²) >= 11 is 0. The van der Waals surface area contributed by atoms with E-state index in [-0.39, 0.29) is 0 Å². The molecule has 1 N–H and O–H groups in total. The minimum Gasteiger partial charge on any atom is -0.377 e. The summed E-state index contributed by atoms with van der Waals surface area (Å²) in [6.07, 6.45) is 2.98. The van der Waals surface area contributed by atoms with Crippen molar-refractivity contribution in [2.45, 2.75) is 25.9 Å². The van der Waals surface area contributed by atoms with Crippen molar-refractivity contribution >= 4 is 0 Å². The summed E-state index contributed by atoms with van der Waals surface area (Å²) in [6, 6.07) is 0. The van der Waals surface area contributed by atoms with Gasteiger partial charge < -0.3 is 15.0 Å². The van der Waals surface area contributed by atoms with Crippen LogP contribution in [0.3, 0.4) is 0 Å². The van der Waals surface area contributed by atoms with Crippen LogP contribution >= 0.6 is 0 Å². The third-order valence-electron chi connectivity index (χ3n) is 3.21. The predicted octanol–water partition coefficient (Wildman–Crippen LogP) is 0.639. The van der Waals surface area contributed by atoms with Gasteiger partial charge in [0.05, 0.1) is 6.10 Å². The lowest BCUT2D eigenvalue weighted by atomic mass is 10.1. The monoisotopic (exact) mass is 243 g/mol. The Morgan fingerprint density at radius 1 is 1.35 bits per heavy atom. The van der Waals surface area contributed by atoms with Gasteiger partial charge in [-0.05, 0) is 40.4 Å². The summed E-state index contributed by atoms with van der Waals surface area (Å²) in [6.45, 7) is 9.71. The number of ether oxygens (including phenoxy) is 1. The maximum absolute atomic E-state index is 5.70. The van der Waals surface area contributed by atoms with Gasteiger partial charge in [-0.1, -0.05) is 0 Å². The van der Waals surface area contributed by atoms with Gasteiger partial charge in [0.15, 0.2) is 0 Å². The zero-order chi connectivity index (χ0) is 12.5. The van der Waals surface area contributed by atoms with Crippen molar-refractivity contribution in [3.8, 4) is 0 Å². The van der Waals surface area contributed by atoms with E-state index in [9.17, 15) is 0 Å². The third kappa shape index (κ3) is 6.99. The number of nitrogens with one attached hydrogen (secondary N) is 1. The Bertz CT molecular complexity index is 186. The number of hydrogen-bond donors (Lipinski definition) is 1. The molecule has 17 heavy (non-hydrogen) atoms. The molecule has 0 aromatic heterocycles. The van der Waals surface area contributed by atoms with Crippen molar-refractivity contribution in [1.82, 2.24) is 15.1 Å². The molecule has 0 spiro atoms. The number of likely N-dealkylation sites (tertiary alicyclic amines) is 1. The molecule has 0 aromatic rings. The van der Waals surface area contributed by atoms with Crippen molar-refractivity contribution in [2.75, 3.05) is 60.0 Å². The van der Waals surface area contributed by atoms with Gasteiger partial charge >= 0.3 is 0 Å². The molecular formula is C13H29N3O. The van der Waals surface area contributed by atoms with Crippen molar-refractivity contribution < 1.29 is 4.74 Å². The Morgan fingerprint density at radius 2 is 2.18 bits per heavy atom. The molecule has 1 atom stereocenters. The van der Waals surface area contributed by atoms with Crippen LogP contribution in [-0.2, 0) is 4.74 Å². The fraction of sp³-hybridized carbons (Fsp3) is 1.00. The largest absolute Gasteiger partial charge is 0.377 e. The molecule has 0 radical (unpaired) electrons. The highest BCUT2D eigenvalue weighted by Crippen LogP contribution is 2.12. The molecule has 0 aromatic carbocycles. The van der Waals surface area contributed by atoms with Crippen LogP contribution in [0.25, 0.3) is 0 Å². The average Bonchev–Trinajstić information content (AvgIpc) is 2.29. The molecule has 1 aliphatic rings. The second-order valence-corrected chi connectivity index (χ2v) is 5.07. The normalized spacial score (nSPS) is 22.2. The van der Waals surface area contributed by atoms with Crippen LogP contribution in [0.5, 0.6) is 0 Å². The quantitative estimate of drug-likeness (QED) is 0.633. The van der Waals surface area contributed by atoms with Crippen molar-refractivity contribution in [3.63, 3.8) is 0 Å². The average molecular weight is 243 g/mol. The van der Waals surface area contributed by atoms with Gasteiger partial charge in [0.1, 0.15) is 0 Å². The standard InChI is InChI=1S/C13H29N3O/c1-4-17-13-6-5-9-16(12-13)11-8-14-7-10-15(2)3/h13-14H,4-12H2,1-3H3. The molecule has 1 unspecified atom stereocenters. The molecule has 1 rings (SSSR count). The molecule has 1 aliphatic heterocycles. The minimum absolute atomic E-state index is 0.468. The molecule has 0 saturated carbocycles. The van der Waals surface area contributed by atoms with E-state index < -0.39 is 0 Å². The molecule has 4 nitrogen and oxygen atoms in total. The van der Waals surface area contributed by atoms with Crippen LogP contribution in [-0.4, -0.2) is 75.9 Å². The third-order valence-corrected chi connectivity index (χ3v) is 3.21. The van der Waals surface area contributed by atoms with Crippen LogP contribution in [0.15, 0.2) is 0 Å². The van der Waals surface area contributed by atoms with Crippen molar-refractivity contribution in [3.05, 3.63) is 0 Å². The van der Waals surface area contributed by atoms with Crippen LogP contribution < -0.4 is 5.32 Å². The first-order valence-corrected chi connectivity index (χ1v) is 6.91. The molecule has 1 heterocycles. The number of nitrogens with zero attached hydrogens (tertiary/aromatic N) is 2. The summed E-state index contributed by atoms with van der Waals surface area (Å²) in [5.74, 6) is 0. The van der Waals surface area contributed by atoms with Gasteiger partial charge in [0.25, 0.3) is 0 Å². The van der Waals surface area contributed by atoms with Crippen molar-refractivity contribution in [2.24, 2.45) is 0 Å². The fourth-order valence-electron chi connectivity index (χ4n) is 2.25. The zero-order valence-corrected chi connectivity index (χ0v) is 11.7. The Hall–Kier alpha value is -0.160. The van der Waals surface area contributed by atoms with E-state index in [2.05, 4.69) is 36.1 Å². The number of hydrogen-bond acceptors (Lipinski definition) is 4. The topological polar surface area (TPSA) is 27.7 Å². The molecular weight excluding hydrogens is 214 g/mol. The number of rotatable bonds is 8. The van der Waals surface area contributed by atoms with E-state index in [4.69, 9.17) is 4.74 Å². The van der Waals surface area contributed by atoms with Crippen molar-refractivity contribution in [1.29, 1.82) is 0 Å². The summed E-state index contributed by atoms with van der Waals surface area (Å²) in [7, 11) is 4.22. The first-order valence-electron chi connectivity index (χ1n) is 6.91. The fourth-order valence-corrected chi connectivity index (χ4v) is 2.25. The summed E-state index contributed by atoms with van der Waals surface area (Å²) < 4.78 is 5.70. The molecule has 0 aliphatic carbocycles. The lowest BCUT2D eigenvalue weighted by Gasteiger charge is -2.32. The lowest BCUT2D eigenvalue weighted by Crippen LogP contribution is -2.43. The Kier molecular flexibility index (Phi) is 7.77. The number of piperidine rings is 1. The highest BCUT2D eigenvalue weighted by Gasteiger charge is 2.19. The van der Waals surface area contributed by atoms with Crippen LogP contribution in [0.1, 0.15) is 19.8 Å². The minimum atomic E-state index is 0.468. The van der Waals surface area contributed by atoms with E-state index in [1.165, 1.54) is 19.4 Å². The molecule has 102 valence electrons. The van der Waals surface area contributed by atoms with E-state index in [0.717, 1.165) is 39.3 Å². The van der Waals surface area contributed by atoms with Gasteiger partial charge in [-0.15, -0.1) is 0 Å². The Labute approximate surface area is 106 Å². The van der Waals surface area contributed by atoms with E-state index in [1.807, 2.05) is 0 Å². The van der Waals surface area contributed by atoms with Gasteiger partial charge in [0, 0.05) is 39.3 Å². The number of likely N-dealkylation sites (N-methyl/N-ethyl adjacent to an activating group) is 1. The van der Waals surface area contributed by atoms with E-state index >= 15 is 0 Å². The smallest absolute Gasteiger partial charge is 0.0702 e. The van der Waals surface area contributed by atoms with Gasteiger partial charge in [-0.2, -0.15) is 0 Å². The molecule has 4 heteroatoms. The second kappa shape index (κ2) is 8.86. The van der Waals surface area contributed by atoms with Gasteiger partial charge in [-0.25, -0.2) is 0 Å². The lowest BCUT2D eigenvalue weighted by molar-refractivity contribution is 0.00636. The van der Waals surface area contributed by atoms with E-state index in [0.29, 0.717) is 6.10 Å². The maximum Gasteiger partial charge on any atom is 0.0702 e. The van der Waals surface area contributed by atoms with Crippen LogP contribution in [0, 0.1) is 0 Å². The summed E-state index contributed by atoms with van der Waals surface area (Å²) in [5.41, 5.74) is 0. The zero-order valence-electron chi connectivity index (χ0n) is 11.7. The van der Waals surface area contributed by atoms with E-state index in [1.54, 1.807) is 0 Å². The molecule has 0 amide bonds. The second-order valence-electron chi connectivity index (χ2n) is 5.07. The first-order chi connectivity index (χ1) is 8.22. The predicted molar refractivity (Wildman–Crippen MR) is 72.5 cm³/mol. The molecule has 0 bridgehead atoms. The summed E-state index contributed by atoms with van der Waals surface area (Å²) in [4.78, 5) is 4.73. The highest BCUT2D eigenvalue weighted by atomic mass is 16.5.